The summed E-state index contributed by atoms with van der Waals surface area (Å²) in [4.78, 5) is 59.9. The summed E-state index contributed by atoms with van der Waals surface area (Å²) in [7, 11) is 0. The van der Waals surface area contributed by atoms with Crippen molar-refractivity contribution in [1.29, 1.82) is 0 Å². The molecule has 53 heavy (non-hydrogen) atoms. The number of esters is 1. The predicted octanol–water partition coefficient (Wildman–Crippen LogP) is 7.46. The number of carbonyl (C=O) groups excluding carboxylic acids is 3. The van der Waals surface area contributed by atoms with E-state index in [2.05, 4.69) is 4.98 Å². The van der Waals surface area contributed by atoms with Crippen molar-refractivity contribution < 1.29 is 42.9 Å². The Morgan fingerprint density at radius 1 is 0.925 bits per heavy atom. The third kappa shape index (κ3) is 8.09. The van der Waals surface area contributed by atoms with E-state index in [4.69, 9.17) is 18.6 Å². The van der Waals surface area contributed by atoms with Crippen LogP contribution in [0, 0.1) is 5.92 Å². The van der Waals surface area contributed by atoms with Crippen molar-refractivity contribution in [2.75, 3.05) is 6.79 Å². The van der Waals surface area contributed by atoms with Crippen LogP contribution in [-0.2, 0) is 30.5 Å². The number of ether oxygens (including phenoxy) is 3. The first-order valence-corrected chi connectivity index (χ1v) is 17.9. The van der Waals surface area contributed by atoms with Crippen LogP contribution in [0.3, 0.4) is 0 Å². The summed E-state index contributed by atoms with van der Waals surface area (Å²) in [6, 6.07) is 26.0. The van der Waals surface area contributed by atoms with Crippen LogP contribution in [0.4, 0.5) is 0 Å². The number of allylic oxidation sites excluding steroid dienone is 1. The maximum Gasteiger partial charge on any atom is 0.317 e. The summed E-state index contributed by atoms with van der Waals surface area (Å²) >= 11 is 0. The Morgan fingerprint density at radius 2 is 1.68 bits per heavy atom. The van der Waals surface area contributed by atoms with Crippen LogP contribution < -0.4 is 9.47 Å². The average Bonchev–Trinajstić information content (AvgIpc) is 3.95. The van der Waals surface area contributed by atoms with E-state index in [1.165, 1.54) is 4.90 Å². The lowest BCUT2D eigenvalue weighted by Crippen LogP contribution is -2.48. The lowest BCUT2D eigenvalue weighted by molar-refractivity contribution is -0.164. The van der Waals surface area contributed by atoms with Crippen molar-refractivity contribution in [2.45, 2.75) is 70.1 Å². The Morgan fingerprint density at radius 3 is 2.47 bits per heavy atom. The Bertz CT molecular complexity index is 2150. The van der Waals surface area contributed by atoms with Gasteiger partial charge in [-0.25, -0.2) is 4.98 Å². The standard InChI is InChI=1S/C42H40N2O9/c1-26(32(30-19-20-36-37(22-30)51-25-50-36)13-8-16-38-43-34-14-6-7-15-35(34)53-38)44(24-27-17-18-28-9-2-3-10-29(28)21-27)41(48)40(47)33(23-39(45)46)42(49)52-31-11-4-5-12-31/h2-3,6-10,14-22,26,31-33H,4-5,11-13,23-25H2,1H3,(H,45,46)/t26-,32+,33?/m0/s1. The van der Waals surface area contributed by atoms with E-state index in [0.717, 1.165) is 40.3 Å². The van der Waals surface area contributed by atoms with Crippen molar-refractivity contribution in [3.63, 3.8) is 0 Å². The number of fused-ring (bicyclic) bond motifs is 3. The van der Waals surface area contributed by atoms with Gasteiger partial charge in [-0.1, -0.05) is 60.7 Å². The summed E-state index contributed by atoms with van der Waals surface area (Å²) in [5.74, 6) is -5.06. The summed E-state index contributed by atoms with van der Waals surface area (Å²) in [6.07, 6.45) is 5.81. The molecule has 1 aromatic heterocycles. The number of rotatable bonds is 14. The topological polar surface area (TPSA) is 145 Å². The van der Waals surface area contributed by atoms with Crippen molar-refractivity contribution in [1.82, 2.24) is 9.88 Å². The van der Waals surface area contributed by atoms with E-state index in [-0.39, 0.29) is 13.3 Å². The van der Waals surface area contributed by atoms with Crippen LogP contribution in [0.2, 0.25) is 0 Å². The van der Waals surface area contributed by atoms with Gasteiger partial charge in [-0.3, -0.25) is 19.2 Å². The van der Waals surface area contributed by atoms with Gasteiger partial charge in [0.2, 0.25) is 18.5 Å². The highest BCUT2D eigenvalue weighted by molar-refractivity contribution is 6.40. The molecule has 11 nitrogen and oxygen atoms in total. The lowest BCUT2D eigenvalue weighted by atomic mass is 9.87. The minimum absolute atomic E-state index is 0.0178. The summed E-state index contributed by atoms with van der Waals surface area (Å²) in [6.45, 7) is 1.95. The lowest BCUT2D eigenvalue weighted by Gasteiger charge is -2.35. The largest absolute Gasteiger partial charge is 0.481 e. The number of para-hydroxylation sites is 2. The third-order valence-electron chi connectivity index (χ3n) is 10.1. The number of carbonyl (C=O) groups is 4. The molecular formula is C42H40N2O9. The molecule has 0 radical (unpaired) electrons. The van der Waals surface area contributed by atoms with Crippen molar-refractivity contribution in [2.24, 2.45) is 5.92 Å². The van der Waals surface area contributed by atoms with Gasteiger partial charge in [-0.2, -0.15) is 0 Å². The molecule has 2 heterocycles. The highest BCUT2D eigenvalue weighted by Crippen LogP contribution is 2.38. The number of Topliss-reactive ketones (excluding diaryl/α,β-unsaturated/α-hetero) is 1. The highest BCUT2D eigenvalue weighted by Gasteiger charge is 2.41. The van der Waals surface area contributed by atoms with Crippen LogP contribution >= 0.6 is 0 Å². The number of amides is 1. The number of hydrogen-bond donors (Lipinski definition) is 1. The van der Waals surface area contributed by atoms with Crippen molar-refractivity contribution in [3.8, 4) is 11.5 Å². The number of nitrogens with zero attached hydrogens (tertiary/aromatic N) is 2. The quantitative estimate of drug-likeness (QED) is 0.0698. The molecule has 0 bridgehead atoms. The molecule has 1 aliphatic heterocycles. The maximum atomic E-state index is 14.5. The highest BCUT2D eigenvalue weighted by atomic mass is 16.7. The molecule has 7 rings (SSSR count). The van der Waals surface area contributed by atoms with Gasteiger partial charge in [-0.05, 0) is 97.3 Å². The fourth-order valence-electron chi connectivity index (χ4n) is 7.18. The van der Waals surface area contributed by atoms with Crippen molar-refractivity contribution >= 4 is 51.6 Å². The molecule has 1 N–H and O–H groups in total. The molecule has 5 aromatic rings. The van der Waals surface area contributed by atoms with E-state index < -0.39 is 54.0 Å². The molecule has 11 heteroatoms. The molecule has 0 saturated heterocycles. The van der Waals surface area contributed by atoms with E-state index in [9.17, 15) is 24.3 Å². The average molecular weight is 717 g/mol. The zero-order valence-corrected chi connectivity index (χ0v) is 29.3. The third-order valence-corrected chi connectivity index (χ3v) is 10.1. The Kier molecular flexibility index (Phi) is 10.5. The summed E-state index contributed by atoms with van der Waals surface area (Å²) in [5.41, 5.74) is 2.95. The first-order chi connectivity index (χ1) is 25.7. The molecule has 272 valence electrons. The fraction of sp³-hybridized carbons (Fsp3) is 0.310. The number of aromatic nitrogens is 1. The number of carboxylic acid groups (broad SMARTS) is 1. The zero-order chi connectivity index (χ0) is 36.9. The number of aliphatic carboxylic acids is 1. The van der Waals surface area contributed by atoms with Crippen LogP contribution in [0.5, 0.6) is 11.5 Å². The summed E-state index contributed by atoms with van der Waals surface area (Å²) < 4.78 is 22.7. The first kappa shape index (κ1) is 35.4. The SMILES string of the molecule is C[C@@H]([C@@H](CC=Cc1nc2ccccc2o1)c1ccc2c(c1)OCO2)N(Cc1ccc2ccccc2c1)C(=O)C(=O)C(CC(=O)O)C(=O)OC1CCCC1. The maximum absolute atomic E-state index is 14.5. The van der Waals surface area contributed by atoms with Gasteiger partial charge in [0.05, 0.1) is 6.42 Å². The van der Waals surface area contributed by atoms with Gasteiger partial charge in [0.1, 0.15) is 17.5 Å². The molecule has 2 aliphatic rings. The molecule has 3 atom stereocenters. The molecule has 1 aliphatic carbocycles. The van der Waals surface area contributed by atoms with E-state index in [1.807, 2.05) is 97.9 Å². The molecule has 1 unspecified atom stereocenters. The Balaban J connectivity index is 1.24. The van der Waals surface area contributed by atoms with E-state index in [1.54, 1.807) is 6.08 Å². The molecular weight excluding hydrogens is 676 g/mol. The Labute approximate surface area is 306 Å². The number of benzene rings is 4. The van der Waals surface area contributed by atoms with Crippen LogP contribution in [0.15, 0.2) is 95.4 Å². The Hall–Kier alpha value is -5.97. The second-order valence-corrected chi connectivity index (χ2v) is 13.6. The van der Waals surface area contributed by atoms with Gasteiger partial charge in [-0.15, -0.1) is 0 Å². The fourth-order valence-corrected chi connectivity index (χ4v) is 7.18. The van der Waals surface area contributed by atoms with Crippen LogP contribution in [-0.4, -0.2) is 57.6 Å². The van der Waals surface area contributed by atoms with Crippen LogP contribution in [0.25, 0.3) is 27.9 Å². The second kappa shape index (κ2) is 15.7. The molecule has 1 amide bonds. The summed E-state index contributed by atoms with van der Waals surface area (Å²) in [5, 5.41) is 11.7. The number of oxazole rings is 1. The second-order valence-electron chi connectivity index (χ2n) is 13.6. The monoisotopic (exact) mass is 716 g/mol. The van der Waals surface area contributed by atoms with Gasteiger partial charge in [0.25, 0.3) is 5.91 Å². The van der Waals surface area contributed by atoms with Gasteiger partial charge in [0.15, 0.2) is 17.1 Å². The zero-order valence-electron chi connectivity index (χ0n) is 29.3. The molecule has 1 fully saturated rings. The van der Waals surface area contributed by atoms with Crippen LogP contribution in [0.1, 0.15) is 68.4 Å². The minimum atomic E-state index is -1.78. The van der Waals surface area contributed by atoms with Gasteiger partial charge < -0.3 is 28.6 Å². The van der Waals surface area contributed by atoms with Crippen molar-refractivity contribution in [3.05, 3.63) is 108 Å². The molecule has 0 spiro atoms. The van der Waals surface area contributed by atoms with Gasteiger partial charge in [0, 0.05) is 18.5 Å². The molecule has 4 aromatic carbocycles. The minimum Gasteiger partial charge on any atom is -0.481 e. The smallest absolute Gasteiger partial charge is 0.317 e. The molecule has 1 saturated carbocycles. The van der Waals surface area contributed by atoms with E-state index in [0.29, 0.717) is 42.2 Å². The first-order valence-electron chi connectivity index (χ1n) is 17.9. The van der Waals surface area contributed by atoms with Gasteiger partial charge >= 0.3 is 11.9 Å². The number of ketones is 1. The normalized spacial score (nSPS) is 15.8. The number of hydrogen-bond acceptors (Lipinski definition) is 9. The van der Waals surface area contributed by atoms with E-state index >= 15 is 0 Å². The predicted molar refractivity (Wildman–Crippen MR) is 196 cm³/mol. The number of carboxylic acids is 1.